The fraction of sp³-hybridized carbons (Fsp3) is 0.400. The molecule has 0 amide bonds. The van der Waals surface area contributed by atoms with Crippen molar-refractivity contribution in [3.63, 3.8) is 0 Å². The predicted molar refractivity (Wildman–Crippen MR) is 76.9 cm³/mol. The number of pyridine rings is 1. The zero-order chi connectivity index (χ0) is 13.2. The maximum absolute atomic E-state index is 5.73. The highest BCUT2D eigenvalue weighted by molar-refractivity contribution is 5.93. The van der Waals surface area contributed by atoms with Crippen molar-refractivity contribution < 1.29 is 4.74 Å². The van der Waals surface area contributed by atoms with Gasteiger partial charge in [0.05, 0.1) is 30.1 Å². The summed E-state index contributed by atoms with van der Waals surface area (Å²) in [5, 5.41) is 1.10. The van der Waals surface area contributed by atoms with Crippen LogP contribution < -0.4 is 11.3 Å². The number of nitrogens with zero attached hydrogens (tertiary/aromatic N) is 1. The molecule has 0 bridgehead atoms. The van der Waals surface area contributed by atoms with Crippen LogP contribution in [0.1, 0.15) is 30.2 Å². The minimum atomic E-state index is 0.593. The fourth-order valence-corrected chi connectivity index (χ4v) is 2.72. The Balaban J connectivity index is 2.22. The van der Waals surface area contributed by atoms with E-state index in [4.69, 9.17) is 15.6 Å². The molecule has 1 aliphatic heterocycles. The van der Waals surface area contributed by atoms with E-state index in [-0.39, 0.29) is 0 Å². The van der Waals surface area contributed by atoms with E-state index in [1.165, 1.54) is 5.56 Å². The van der Waals surface area contributed by atoms with Crippen LogP contribution in [-0.4, -0.2) is 11.6 Å². The minimum Gasteiger partial charge on any atom is -0.376 e. The average Bonchev–Trinajstić information content (AvgIpc) is 2.45. The van der Waals surface area contributed by atoms with Crippen LogP contribution in [0.15, 0.2) is 18.2 Å². The van der Waals surface area contributed by atoms with Gasteiger partial charge < -0.3 is 10.2 Å². The summed E-state index contributed by atoms with van der Waals surface area (Å²) < 4.78 is 5.53. The second-order valence-corrected chi connectivity index (χ2v) is 4.96. The van der Waals surface area contributed by atoms with Gasteiger partial charge in [-0.2, -0.15) is 0 Å². The number of hydrazine groups is 1. The molecule has 1 aromatic heterocycles. The number of aromatic nitrogens is 1. The van der Waals surface area contributed by atoms with Gasteiger partial charge in [-0.1, -0.05) is 19.4 Å². The van der Waals surface area contributed by atoms with Crippen LogP contribution in [0.5, 0.6) is 0 Å². The number of aryl methyl sites for hydroxylation is 1. The molecule has 1 aromatic carbocycles. The van der Waals surface area contributed by atoms with Crippen molar-refractivity contribution in [3.8, 4) is 0 Å². The summed E-state index contributed by atoms with van der Waals surface area (Å²) in [4.78, 5) is 4.75. The SMILES string of the molecule is CCCc1ccc2nc3c(c(NN)c2c1)COCC3. The summed E-state index contributed by atoms with van der Waals surface area (Å²) in [6, 6.07) is 6.44. The first-order valence-corrected chi connectivity index (χ1v) is 6.82. The zero-order valence-corrected chi connectivity index (χ0v) is 11.2. The number of ether oxygens (including phenoxy) is 1. The van der Waals surface area contributed by atoms with Gasteiger partial charge in [0, 0.05) is 17.4 Å². The van der Waals surface area contributed by atoms with Crippen LogP contribution in [0.4, 0.5) is 5.69 Å². The number of rotatable bonds is 3. The van der Waals surface area contributed by atoms with Gasteiger partial charge in [-0.3, -0.25) is 10.8 Å². The first-order chi connectivity index (χ1) is 9.33. The van der Waals surface area contributed by atoms with E-state index in [2.05, 4.69) is 30.5 Å². The van der Waals surface area contributed by atoms with Crippen molar-refractivity contribution in [2.45, 2.75) is 32.8 Å². The summed E-state index contributed by atoms with van der Waals surface area (Å²) in [6.07, 6.45) is 3.07. The molecular weight excluding hydrogens is 238 g/mol. The highest BCUT2D eigenvalue weighted by Gasteiger charge is 2.18. The lowest BCUT2D eigenvalue weighted by Crippen LogP contribution is -2.18. The Kier molecular flexibility index (Phi) is 3.36. The quantitative estimate of drug-likeness (QED) is 0.655. The molecule has 3 rings (SSSR count). The van der Waals surface area contributed by atoms with Gasteiger partial charge in [0.25, 0.3) is 0 Å². The van der Waals surface area contributed by atoms with Crippen LogP contribution in [0.25, 0.3) is 10.9 Å². The second-order valence-electron chi connectivity index (χ2n) is 4.96. The molecular formula is C15H19N3O. The van der Waals surface area contributed by atoms with Crippen molar-refractivity contribution in [3.05, 3.63) is 35.0 Å². The lowest BCUT2D eigenvalue weighted by Gasteiger charge is -2.21. The molecule has 100 valence electrons. The van der Waals surface area contributed by atoms with Crippen molar-refractivity contribution in [1.82, 2.24) is 4.98 Å². The van der Waals surface area contributed by atoms with Crippen molar-refractivity contribution >= 4 is 16.6 Å². The van der Waals surface area contributed by atoms with Crippen LogP contribution in [-0.2, 0) is 24.2 Å². The van der Waals surface area contributed by atoms with Gasteiger partial charge in [-0.05, 0) is 24.1 Å². The molecule has 0 fully saturated rings. The number of fused-ring (bicyclic) bond motifs is 2. The Hall–Kier alpha value is -1.65. The first-order valence-electron chi connectivity index (χ1n) is 6.82. The Morgan fingerprint density at radius 2 is 2.32 bits per heavy atom. The summed E-state index contributed by atoms with van der Waals surface area (Å²) in [5.41, 5.74) is 8.36. The summed E-state index contributed by atoms with van der Waals surface area (Å²) in [7, 11) is 0. The number of nitrogen functional groups attached to an aromatic ring is 1. The van der Waals surface area contributed by atoms with Crippen LogP contribution in [0.3, 0.4) is 0 Å². The maximum Gasteiger partial charge on any atom is 0.0755 e. The highest BCUT2D eigenvalue weighted by Crippen LogP contribution is 2.31. The molecule has 4 heteroatoms. The Morgan fingerprint density at radius 3 is 3.11 bits per heavy atom. The number of nitrogens with two attached hydrogens (primary N) is 1. The standard InChI is InChI=1S/C15H19N3O/c1-2-3-10-4-5-13-11(8-10)15(18-16)12-9-19-7-6-14(12)17-13/h4-5,8H,2-3,6-7,9,16H2,1H3,(H,17,18). The fourth-order valence-electron chi connectivity index (χ4n) is 2.72. The summed E-state index contributed by atoms with van der Waals surface area (Å²) in [6.45, 7) is 3.52. The van der Waals surface area contributed by atoms with Crippen molar-refractivity contribution in [2.24, 2.45) is 5.84 Å². The lowest BCUT2D eigenvalue weighted by molar-refractivity contribution is 0.110. The molecule has 4 nitrogen and oxygen atoms in total. The molecule has 2 aromatic rings. The number of benzene rings is 1. The highest BCUT2D eigenvalue weighted by atomic mass is 16.5. The van der Waals surface area contributed by atoms with Gasteiger partial charge >= 0.3 is 0 Å². The Bertz CT molecular complexity index is 610. The van der Waals surface area contributed by atoms with Crippen molar-refractivity contribution in [1.29, 1.82) is 0 Å². The summed E-state index contributed by atoms with van der Waals surface area (Å²) in [5.74, 6) is 5.73. The van der Waals surface area contributed by atoms with Gasteiger partial charge in [0.2, 0.25) is 0 Å². The first kappa shape index (κ1) is 12.4. The summed E-state index contributed by atoms with van der Waals surface area (Å²) >= 11 is 0. The van der Waals surface area contributed by atoms with E-state index >= 15 is 0 Å². The monoisotopic (exact) mass is 257 g/mol. The normalized spacial score (nSPS) is 14.4. The molecule has 0 saturated heterocycles. The number of hydrogen-bond donors (Lipinski definition) is 2. The van der Waals surface area contributed by atoms with E-state index in [0.717, 1.165) is 53.7 Å². The van der Waals surface area contributed by atoms with Crippen LogP contribution in [0.2, 0.25) is 0 Å². The maximum atomic E-state index is 5.73. The predicted octanol–water partition coefficient (Wildman–Crippen LogP) is 2.55. The molecule has 2 heterocycles. The molecule has 0 atom stereocenters. The molecule has 0 spiro atoms. The molecule has 19 heavy (non-hydrogen) atoms. The van der Waals surface area contributed by atoms with Gasteiger partial charge in [0.15, 0.2) is 0 Å². The van der Waals surface area contributed by atoms with Crippen molar-refractivity contribution in [2.75, 3.05) is 12.0 Å². The Morgan fingerprint density at radius 1 is 1.42 bits per heavy atom. The number of hydrogen-bond acceptors (Lipinski definition) is 4. The molecule has 3 N–H and O–H groups in total. The lowest BCUT2D eigenvalue weighted by atomic mass is 10.0. The number of nitrogens with one attached hydrogen (secondary N) is 1. The molecule has 1 aliphatic rings. The van der Waals surface area contributed by atoms with Crippen LogP contribution >= 0.6 is 0 Å². The zero-order valence-electron chi connectivity index (χ0n) is 11.2. The molecule has 0 unspecified atom stereocenters. The van der Waals surface area contributed by atoms with Gasteiger partial charge in [-0.25, -0.2) is 0 Å². The average molecular weight is 257 g/mol. The van der Waals surface area contributed by atoms with E-state index in [9.17, 15) is 0 Å². The topological polar surface area (TPSA) is 60.2 Å². The smallest absolute Gasteiger partial charge is 0.0755 e. The van der Waals surface area contributed by atoms with E-state index in [1.54, 1.807) is 0 Å². The molecule has 0 saturated carbocycles. The molecule has 0 aliphatic carbocycles. The molecule has 0 radical (unpaired) electrons. The number of anilines is 1. The third-order valence-corrected chi connectivity index (χ3v) is 3.65. The van der Waals surface area contributed by atoms with Crippen LogP contribution in [0, 0.1) is 0 Å². The largest absolute Gasteiger partial charge is 0.376 e. The van der Waals surface area contributed by atoms with E-state index < -0.39 is 0 Å². The second kappa shape index (κ2) is 5.15. The van der Waals surface area contributed by atoms with Gasteiger partial charge in [0.1, 0.15) is 0 Å². The Labute approximate surface area is 112 Å². The minimum absolute atomic E-state index is 0.593. The third-order valence-electron chi connectivity index (χ3n) is 3.65. The van der Waals surface area contributed by atoms with Gasteiger partial charge in [-0.15, -0.1) is 0 Å². The van der Waals surface area contributed by atoms with E-state index in [1.807, 2.05) is 0 Å². The third kappa shape index (κ3) is 2.17. The van der Waals surface area contributed by atoms with E-state index in [0.29, 0.717) is 6.61 Å².